The highest BCUT2D eigenvalue weighted by molar-refractivity contribution is 5.69. The average molecular weight is 392 g/mol. The second-order valence-electron chi connectivity index (χ2n) is 6.62. The van der Waals surface area contributed by atoms with Crippen LogP contribution in [0.1, 0.15) is 17.2 Å². The molecule has 3 aromatic heterocycles. The van der Waals surface area contributed by atoms with Crippen LogP contribution in [0, 0.1) is 0 Å². The Balaban J connectivity index is 1.67. The summed E-state index contributed by atoms with van der Waals surface area (Å²) in [5.41, 5.74) is 1.79. The number of pyridine rings is 2. The lowest BCUT2D eigenvalue weighted by atomic mass is 10.3. The van der Waals surface area contributed by atoms with E-state index in [-0.39, 0.29) is 6.54 Å². The molecule has 29 heavy (non-hydrogen) atoms. The van der Waals surface area contributed by atoms with Crippen molar-refractivity contribution in [3.8, 4) is 0 Å². The van der Waals surface area contributed by atoms with Gasteiger partial charge in [-0.15, -0.1) is 0 Å². The number of rotatable bonds is 11. The van der Waals surface area contributed by atoms with Gasteiger partial charge in [0.1, 0.15) is 5.82 Å². The van der Waals surface area contributed by atoms with Crippen molar-refractivity contribution in [2.24, 2.45) is 0 Å². The van der Waals surface area contributed by atoms with Crippen LogP contribution >= 0.6 is 0 Å². The van der Waals surface area contributed by atoms with Crippen LogP contribution in [-0.2, 0) is 24.4 Å². The van der Waals surface area contributed by atoms with Crippen molar-refractivity contribution in [1.29, 1.82) is 0 Å². The quantitative estimate of drug-likeness (QED) is 0.528. The lowest BCUT2D eigenvalue weighted by Gasteiger charge is -2.26. The summed E-state index contributed by atoms with van der Waals surface area (Å²) >= 11 is 0. The van der Waals surface area contributed by atoms with Crippen molar-refractivity contribution >= 4 is 5.97 Å². The SMILES string of the molecule is O=C(O)CN(CCN(Cc1ccccn1)Cc1ncccn1)Cc1ccccn1. The van der Waals surface area contributed by atoms with E-state index in [9.17, 15) is 9.90 Å². The maximum absolute atomic E-state index is 11.3. The first-order valence-electron chi connectivity index (χ1n) is 9.41. The number of nitrogens with zero attached hydrogens (tertiary/aromatic N) is 6. The second-order valence-corrected chi connectivity index (χ2v) is 6.62. The molecule has 0 aromatic carbocycles. The molecule has 0 amide bonds. The third kappa shape index (κ3) is 7.36. The monoisotopic (exact) mass is 392 g/mol. The molecule has 0 radical (unpaired) electrons. The fourth-order valence-electron chi connectivity index (χ4n) is 2.96. The van der Waals surface area contributed by atoms with E-state index < -0.39 is 5.97 Å². The van der Waals surface area contributed by atoms with Gasteiger partial charge in [-0.3, -0.25) is 24.6 Å². The van der Waals surface area contributed by atoms with Gasteiger partial charge in [-0.2, -0.15) is 0 Å². The van der Waals surface area contributed by atoms with E-state index in [0.29, 0.717) is 32.7 Å². The fraction of sp³-hybridized carbons (Fsp3) is 0.286. The van der Waals surface area contributed by atoms with Crippen LogP contribution in [0.4, 0.5) is 0 Å². The molecule has 0 atom stereocenters. The molecule has 0 saturated carbocycles. The van der Waals surface area contributed by atoms with Gasteiger partial charge < -0.3 is 5.11 Å². The predicted octanol–water partition coefficient (Wildman–Crippen LogP) is 1.86. The van der Waals surface area contributed by atoms with Gasteiger partial charge in [-0.05, 0) is 30.3 Å². The average Bonchev–Trinajstić information content (AvgIpc) is 2.74. The standard InChI is InChI=1S/C21H24N6O2/c28-21(29)17-27(15-19-7-2-4-9-23-19)13-12-26(14-18-6-1-3-8-22-18)16-20-24-10-5-11-25-20/h1-11H,12-17H2,(H,28,29). The highest BCUT2D eigenvalue weighted by Gasteiger charge is 2.15. The number of hydrogen-bond acceptors (Lipinski definition) is 7. The maximum Gasteiger partial charge on any atom is 0.317 e. The molecule has 1 N–H and O–H groups in total. The summed E-state index contributed by atoms with van der Waals surface area (Å²) in [7, 11) is 0. The Morgan fingerprint density at radius 3 is 1.83 bits per heavy atom. The molecule has 8 nitrogen and oxygen atoms in total. The van der Waals surface area contributed by atoms with Gasteiger partial charge in [0.2, 0.25) is 0 Å². The summed E-state index contributed by atoms with van der Waals surface area (Å²) in [6.07, 6.45) is 6.93. The Bertz CT molecular complexity index is 823. The van der Waals surface area contributed by atoms with Gasteiger partial charge in [-0.25, -0.2) is 9.97 Å². The number of carboxylic acids is 1. The first-order valence-corrected chi connectivity index (χ1v) is 9.41. The number of aliphatic carboxylic acids is 1. The lowest BCUT2D eigenvalue weighted by molar-refractivity contribution is -0.138. The Hall–Kier alpha value is -3.23. The number of carboxylic acid groups (broad SMARTS) is 1. The summed E-state index contributed by atoms with van der Waals surface area (Å²) in [4.78, 5) is 32.7. The molecule has 0 fully saturated rings. The fourth-order valence-corrected chi connectivity index (χ4v) is 2.96. The van der Waals surface area contributed by atoms with E-state index in [1.54, 1.807) is 30.9 Å². The summed E-state index contributed by atoms with van der Waals surface area (Å²) in [6.45, 7) is 2.84. The molecule has 150 valence electrons. The summed E-state index contributed by atoms with van der Waals surface area (Å²) < 4.78 is 0. The van der Waals surface area contributed by atoms with Crippen LogP contribution in [0.3, 0.4) is 0 Å². The largest absolute Gasteiger partial charge is 0.480 e. The molecule has 0 aliphatic carbocycles. The molecule has 0 spiro atoms. The third-order valence-corrected chi connectivity index (χ3v) is 4.30. The normalized spacial score (nSPS) is 11.1. The zero-order valence-corrected chi connectivity index (χ0v) is 16.1. The Morgan fingerprint density at radius 2 is 1.28 bits per heavy atom. The van der Waals surface area contributed by atoms with E-state index in [2.05, 4.69) is 24.8 Å². The minimum atomic E-state index is -0.858. The van der Waals surface area contributed by atoms with Crippen molar-refractivity contribution < 1.29 is 9.90 Å². The van der Waals surface area contributed by atoms with Crippen molar-refractivity contribution in [2.75, 3.05) is 19.6 Å². The van der Waals surface area contributed by atoms with E-state index in [4.69, 9.17) is 0 Å². The van der Waals surface area contributed by atoms with Crippen LogP contribution in [0.5, 0.6) is 0 Å². The topological polar surface area (TPSA) is 95.3 Å². The van der Waals surface area contributed by atoms with E-state index in [1.165, 1.54) is 0 Å². The molecule has 0 unspecified atom stereocenters. The molecule has 0 saturated heterocycles. The van der Waals surface area contributed by atoms with E-state index in [1.807, 2.05) is 41.3 Å². The highest BCUT2D eigenvalue weighted by Crippen LogP contribution is 2.07. The van der Waals surface area contributed by atoms with Gasteiger partial charge in [0.15, 0.2) is 0 Å². The Labute approximate surface area is 169 Å². The predicted molar refractivity (Wildman–Crippen MR) is 108 cm³/mol. The first-order chi connectivity index (χ1) is 14.2. The summed E-state index contributed by atoms with van der Waals surface area (Å²) in [6, 6.07) is 13.3. The maximum atomic E-state index is 11.3. The Kier molecular flexibility index (Phi) is 7.73. The number of hydrogen-bond donors (Lipinski definition) is 1. The lowest BCUT2D eigenvalue weighted by Crippen LogP contribution is -2.37. The second kappa shape index (κ2) is 10.9. The summed E-state index contributed by atoms with van der Waals surface area (Å²) in [5, 5.41) is 9.29. The van der Waals surface area contributed by atoms with Crippen molar-refractivity contribution in [1.82, 2.24) is 29.7 Å². The van der Waals surface area contributed by atoms with Crippen LogP contribution in [0.25, 0.3) is 0 Å². The summed E-state index contributed by atoms with van der Waals surface area (Å²) in [5.74, 6) is -0.137. The van der Waals surface area contributed by atoms with Gasteiger partial charge in [0.25, 0.3) is 0 Å². The zero-order chi connectivity index (χ0) is 20.3. The molecule has 3 rings (SSSR count). The van der Waals surface area contributed by atoms with Crippen LogP contribution in [0.15, 0.2) is 67.3 Å². The minimum Gasteiger partial charge on any atom is -0.480 e. The van der Waals surface area contributed by atoms with Gasteiger partial charge in [0, 0.05) is 51.0 Å². The molecule has 3 aromatic rings. The number of aromatic nitrogens is 4. The van der Waals surface area contributed by atoms with E-state index >= 15 is 0 Å². The van der Waals surface area contributed by atoms with Crippen molar-refractivity contribution in [3.05, 3.63) is 84.5 Å². The first kappa shape index (κ1) is 20.5. The zero-order valence-electron chi connectivity index (χ0n) is 16.1. The van der Waals surface area contributed by atoms with Crippen molar-refractivity contribution in [3.63, 3.8) is 0 Å². The molecule has 0 aliphatic rings. The smallest absolute Gasteiger partial charge is 0.317 e. The van der Waals surface area contributed by atoms with Crippen LogP contribution < -0.4 is 0 Å². The van der Waals surface area contributed by atoms with Gasteiger partial charge in [-0.1, -0.05) is 12.1 Å². The highest BCUT2D eigenvalue weighted by atomic mass is 16.4. The Morgan fingerprint density at radius 1 is 0.724 bits per heavy atom. The third-order valence-electron chi connectivity index (χ3n) is 4.30. The van der Waals surface area contributed by atoms with Crippen LogP contribution in [0.2, 0.25) is 0 Å². The number of carbonyl (C=O) groups is 1. The van der Waals surface area contributed by atoms with E-state index in [0.717, 1.165) is 17.2 Å². The van der Waals surface area contributed by atoms with Gasteiger partial charge >= 0.3 is 5.97 Å². The molecule has 3 heterocycles. The van der Waals surface area contributed by atoms with Crippen LogP contribution in [-0.4, -0.2) is 60.4 Å². The van der Waals surface area contributed by atoms with Gasteiger partial charge in [0.05, 0.1) is 24.5 Å². The molecular weight excluding hydrogens is 368 g/mol. The molecular formula is C21H24N6O2. The van der Waals surface area contributed by atoms with Crippen molar-refractivity contribution in [2.45, 2.75) is 19.6 Å². The minimum absolute atomic E-state index is 0.0458. The molecule has 0 aliphatic heterocycles. The molecule has 0 bridgehead atoms. The molecule has 8 heteroatoms.